The first-order valence-corrected chi connectivity index (χ1v) is 12.9. The number of fused-ring (bicyclic) bond motifs is 3. The Kier molecular flexibility index (Phi) is 6.40. The summed E-state index contributed by atoms with van der Waals surface area (Å²) >= 11 is 2.86. The van der Waals surface area contributed by atoms with Crippen LogP contribution in [0.25, 0.3) is 10.2 Å². The Bertz CT molecular complexity index is 1500. The normalized spacial score (nSPS) is 13.1. The Labute approximate surface area is 209 Å². The van der Waals surface area contributed by atoms with E-state index in [1.807, 2.05) is 36.4 Å². The number of hydrogen-bond donors (Lipinski definition) is 0. The molecule has 1 aliphatic rings. The fourth-order valence-corrected chi connectivity index (χ4v) is 6.47. The molecule has 10 heteroatoms. The molecule has 4 aromatic rings. The molecule has 0 saturated carbocycles. The zero-order valence-corrected chi connectivity index (χ0v) is 20.6. The molecule has 8 nitrogen and oxygen atoms in total. The molecule has 2 aromatic heterocycles. The first-order chi connectivity index (χ1) is 16.9. The van der Waals surface area contributed by atoms with Gasteiger partial charge in [0.2, 0.25) is 5.91 Å². The molecule has 0 spiro atoms. The minimum absolute atomic E-state index is 0.0238. The van der Waals surface area contributed by atoms with Crippen molar-refractivity contribution in [2.75, 3.05) is 6.54 Å². The van der Waals surface area contributed by atoms with E-state index in [0.29, 0.717) is 47.2 Å². The van der Waals surface area contributed by atoms with E-state index in [1.54, 1.807) is 28.5 Å². The summed E-state index contributed by atoms with van der Waals surface area (Å²) in [7, 11) is 0. The van der Waals surface area contributed by atoms with Crippen LogP contribution in [0.1, 0.15) is 28.5 Å². The SMILES string of the molecule is CC(=O)N1CCc2c(sc3nc(SCc4cccc([N+](=O)[O-])c4)n(Cc4ccccc4)c(=O)c23)C1. The molecule has 0 unspecified atom stereocenters. The highest BCUT2D eigenvalue weighted by atomic mass is 32.2. The Morgan fingerprint density at radius 3 is 2.69 bits per heavy atom. The Balaban J connectivity index is 1.56. The number of carbonyl (C=O) groups excluding carboxylic acids is 1. The van der Waals surface area contributed by atoms with E-state index in [9.17, 15) is 19.7 Å². The predicted molar refractivity (Wildman–Crippen MR) is 137 cm³/mol. The average molecular weight is 507 g/mol. The van der Waals surface area contributed by atoms with Gasteiger partial charge in [-0.1, -0.05) is 54.2 Å². The number of rotatable bonds is 6. The van der Waals surface area contributed by atoms with Gasteiger partial charge in [-0.25, -0.2) is 4.98 Å². The van der Waals surface area contributed by atoms with Crippen molar-refractivity contribution in [1.82, 2.24) is 14.5 Å². The molecule has 0 bridgehead atoms. The number of nitro benzene ring substituents is 1. The van der Waals surface area contributed by atoms with Gasteiger partial charge in [-0.05, 0) is 23.1 Å². The van der Waals surface area contributed by atoms with E-state index >= 15 is 0 Å². The van der Waals surface area contributed by atoms with Crippen LogP contribution in [0.4, 0.5) is 5.69 Å². The van der Waals surface area contributed by atoms with Gasteiger partial charge in [0.15, 0.2) is 5.16 Å². The van der Waals surface area contributed by atoms with Gasteiger partial charge >= 0.3 is 0 Å². The number of nitro groups is 1. The summed E-state index contributed by atoms with van der Waals surface area (Å²) in [4.78, 5) is 44.8. The number of non-ortho nitro benzene ring substituents is 1. The van der Waals surface area contributed by atoms with Crippen molar-refractivity contribution in [2.24, 2.45) is 0 Å². The third-order valence-corrected chi connectivity index (χ3v) is 8.20. The largest absolute Gasteiger partial charge is 0.337 e. The summed E-state index contributed by atoms with van der Waals surface area (Å²) in [5.41, 5.74) is 2.72. The van der Waals surface area contributed by atoms with Gasteiger partial charge < -0.3 is 4.90 Å². The second kappa shape index (κ2) is 9.63. The number of benzene rings is 2. The standard InChI is InChI=1S/C25H22N4O4S2/c1-16(30)27-11-10-20-21(14-27)35-23-22(20)24(31)28(13-17-6-3-2-4-7-17)25(26-23)34-15-18-8-5-9-19(12-18)29(32)33/h2-9,12H,10-11,13-15H2,1H3. The van der Waals surface area contributed by atoms with E-state index in [4.69, 9.17) is 4.98 Å². The highest BCUT2D eigenvalue weighted by Crippen LogP contribution is 2.34. The lowest BCUT2D eigenvalue weighted by molar-refractivity contribution is -0.384. The molecule has 0 fully saturated rings. The molecule has 3 heterocycles. The van der Waals surface area contributed by atoms with Crippen molar-refractivity contribution in [2.45, 2.75) is 37.3 Å². The number of aromatic nitrogens is 2. The maximum atomic E-state index is 13.8. The van der Waals surface area contributed by atoms with E-state index in [0.717, 1.165) is 21.6 Å². The quantitative estimate of drug-likeness (QED) is 0.164. The fraction of sp³-hybridized carbons (Fsp3) is 0.240. The molecule has 1 aliphatic heterocycles. The maximum Gasteiger partial charge on any atom is 0.269 e. The average Bonchev–Trinajstić information content (AvgIpc) is 3.23. The van der Waals surface area contributed by atoms with Crippen molar-refractivity contribution < 1.29 is 9.72 Å². The molecule has 1 amide bonds. The van der Waals surface area contributed by atoms with Crippen LogP contribution < -0.4 is 5.56 Å². The number of nitrogens with zero attached hydrogens (tertiary/aromatic N) is 4. The highest BCUT2D eigenvalue weighted by molar-refractivity contribution is 7.98. The first-order valence-electron chi connectivity index (χ1n) is 11.1. The van der Waals surface area contributed by atoms with Crippen molar-refractivity contribution in [3.05, 3.63) is 96.6 Å². The molecule has 0 aliphatic carbocycles. The Morgan fingerprint density at radius 1 is 1.17 bits per heavy atom. The molecule has 5 rings (SSSR count). The van der Waals surface area contributed by atoms with E-state index < -0.39 is 4.92 Å². The third kappa shape index (κ3) is 4.71. The minimum atomic E-state index is -0.412. The lowest BCUT2D eigenvalue weighted by atomic mass is 10.1. The van der Waals surface area contributed by atoms with Gasteiger partial charge in [0, 0.05) is 36.2 Å². The summed E-state index contributed by atoms with van der Waals surface area (Å²) < 4.78 is 1.70. The van der Waals surface area contributed by atoms with Gasteiger partial charge in [0.1, 0.15) is 4.83 Å². The van der Waals surface area contributed by atoms with Crippen LogP contribution in [0.15, 0.2) is 64.5 Å². The third-order valence-electron chi connectivity index (χ3n) is 6.04. The predicted octanol–water partition coefficient (Wildman–Crippen LogP) is 4.61. The molecule has 35 heavy (non-hydrogen) atoms. The van der Waals surface area contributed by atoms with E-state index in [-0.39, 0.29) is 17.2 Å². The summed E-state index contributed by atoms with van der Waals surface area (Å²) in [5, 5.41) is 12.4. The topological polar surface area (TPSA) is 98.3 Å². The van der Waals surface area contributed by atoms with Gasteiger partial charge in [-0.3, -0.25) is 24.3 Å². The molecular formula is C25H22N4O4S2. The minimum Gasteiger partial charge on any atom is -0.337 e. The van der Waals surface area contributed by atoms with Crippen LogP contribution in [0.2, 0.25) is 0 Å². The number of hydrogen-bond acceptors (Lipinski definition) is 7. The van der Waals surface area contributed by atoms with Crippen LogP contribution in [-0.4, -0.2) is 31.8 Å². The van der Waals surface area contributed by atoms with Gasteiger partial charge in [-0.15, -0.1) is 11.3 Å². The molecule has 0 atom stereocenters. The van der Waals surface area contributed by atoms with Crippen molar-refractivity contribution in [3.63, 3.8) is 0 Å². The van der Waals surface area contributed by atoms with Gasteiger partial charge in [0.05, 0.1) is 23.4 Å². The van der Waals surface area contributed by atoms with Crippen LogP contribution in [0, 0.1) is 10.1 Å². The zero-order chi connectivity index (χ0) is 24.5. The molecule has 0 radical (unpaired) electrons. The number of carbonyl (C=O) groups is 1. The van der Waals surface area contributed by atoms with Crippen LogP contribution in [0.5, 0.6) is 0 Å². The van der Waals surface area contributed by atoms with Crippen molar-refractivity contribution >= 4 is 44.9 Å². The molecule has 2 aromatic carbocycles. The highest BCUT2D eigenvalue weighted by Gasteiger charge is 2.26. The number of amides is 1. The Morgan fingerprint density at radius 2 is 1.94 bits per heavy atom. The van der Waals surface area contributed by atoms with Crippen molar-refractivity contribution in [3.8, 4) is 0 Å². The smallest absolute Gasteiger partial charge is 0.269 e. The summed E-state index contributed by atoms with van der Waals surface area (Å²) in [6, 6.07) is 16.3. The van der Waals surface area contributed by atoms with Crippen LogP contribution in [-0.2, 0) is 30.1 Å². The first kappa shape index (κ1) is 23.3. The monoisotopic (exact) mass is 506 g/mol. The van der Waals surface area contributed by atoms with E-state index in [2.05, 4.69) is 0 Å². The number of thioether (sulfide) groups is 1. The van der Waals surface area contributed by atoms with Crippen LogP contribution in [0.3, 0.4) is 0 Å². The Hall–Kier alpha value is -3.50. The van der Waals surface area contributed by atoms with Gasteiger partial charge in [-0.2, -0.15) is 0 Å². The van der Waals surface area contributed by atoms with Crippen LogP contribution >= 0.6 is 23.1 Å². The van der Waals surface area contributed by atoms with E-state index in [1.165, 1.54) is 29.2 Å². The lowest BCUT2D eigenvalue weighted by Gasteiger charge is -2.25. The summed E-state index contributed by atoms with van der Waals surface area (Å²) in [6.07, 6.45) is 0.636. The lowest BCUT2D eigenvalue weighted by Crippen LogP contribution is -2.34. The maximum absolute atomic E-state index is 13.8. The van der Waals surface area contributed by atoms with Gasteiger partial charge in [0.25, 0.3) is 11.2 Å². The zero-order valence-electron chi connectivity index (χ0n) is 19.0. The summed E-state index contributed by atoms with van der Waals surface area (Å²) in [5.74, 6) is 0.466. The fourth-order valence-electron chi connectivity index (χ4n) is 4.25. The van der Waals surface area contributed by atoms with Crippen molar-refractivity contribution in [1.29, 1.82) is 0 Å². The molecular weight excluding hydrogens is 484 g/mol. The molecule has 178 valence electrons. The summed E-state index contributed by atoms with van der Waals surface area (Å²) in [6.45, 7) is 3.03. The second-order valence-electron chi connectivity index (χ2n) is 8.36. The second-order valence-corrected chi connectivity index (χ2v) is 10.4. The molecule has 0 saturated heterocycles. The number of thiophene rings is 1. The molecule has 0 N–H and O–H groups in total.